The van der Waals surface area contributed by atoms with Gasteiger partial charge in [-0.1, -0.05) is 6.42 Å². The lowest BCUT2D eigenvalue weighted by Crippen LogP contribution is -2.16. The van der Waals surface area contributed by atoms with Crippen molar-refractivity contribution in [3.05, 3.63) is 22.5 Å². The molecule has 1 fully saturated rings. The largest absolute Gasteiger partial charge is 0.465 e. The van der Waals surface area contributed by atoms with Crippen LogP contribution in [0, 0.1) is 0 Å². The molecule has 0 amide bonds. The summed E-state index contributed by atoms with van der Waals surface area (Å²) in [5, 5.41) is 3.25. The zero-order valence-electron chi connectivity index (χ0n) is 9.43. The van der Waals surface area contributed by atoms with Gasteiger partial charge in [0, 0.05) is 30.0 Å². The van der Waals surface area contributed by atoms with Gasteiger partial charge in [-0.15, -0.1) is 0 Å². The predicted octanol–water partition coefficient (Wildman–Crippen LogP) is 1.67. The first-order valence-electron chi connectivity index (χ1n) is 5.84. The molecular formula is C12H16N2O2. The number of esters is 1. The van der Waals surface area contributed by atoms with Crippen molar-refractivity contribution in [2.75, 3.05) is 7.11 Å². The molecule has 1 aliphatic heterocycles. The minimum absolute atomic E-state index is 0.192. The topological polar surface area (TPSA) is 54.1 Å². The Morgan fingerprint density at radius 2 is 2.19 bits per heavy atom. The van der Waals surface area contributed by atoms with Gasteiger partial charge in [0.05, 0.1) is 12.7 Å². The molecule has 1 aromatic heterocycles. The Hall–Kier alpha value is -1.29. The number of carbonyl (C=O) groups excluding carboxylic acids is 1. The Morgan fingerprint density at radius 1 is 1.38 bits per heavy atom. The lowest BCUT2D eigenvalue weighted by Gasteiger charge is -2.25. The second kappa shape index (κ2) is 3.63. The molecule has 1 aliphatic carbocycles. The molecule has 86 valence electrons. The van der Waals surface area contributed by atoms with Crippen molar-refractivity contribution in [1.82, 2.24) is 10.3 Å². The van der Waals surface area contributed by atoms with Crippen molar-refractivity contribution in [3.63, 3.8) is 0 Å². The number of aromatic nitrogens is 1. The molecule has 0 atom stereocenters. The standard InChI is InChI=1S/C12H16N2O2/c1-16-12(15)10-8-5-13-6-9(8)14-11(10)7-3-2-4-7/h7,13-14H,2-6H2,1H3. The average Bonchev–Trinajstić information content (AvgIpc) is 2.73. The highest BCUT2D eigenvalue weighted by atomic mass is 16.5. The Bertz CT molecular complexity index is 432. The molecule has 2 heterocycles. The van der Waals surface area contributed by atoms with Crippen LogP contribution in [-0.4, -0.2) is 18.1 Å². The van der Waals surface area contributed by atoms with E-state index in [1.54, 1.807) is 0 Å². The maximum Gasteiger partial charge on any atom is 0.340 e. The first-order valence-corrected chi connectivity index (χ1v) is 5.84. The highest BCUT2D eigenvalue weighted by Gasteiger charge is 2.32. The van der Waals surface area contributed by atoms with Crippen LogP contribution in [0.1, 0.15) is 52.5 Å². The smallest absolute Gasteiger partial charge is 0.340 e. The molecule has 0 radical (unpaired) electrons. The number of ether oxygens (including phenoxy) is 1. The highest BCUT2D eigenvalue weighted by Crippen LogP contribution is 2.40. The van der Waals surface area contributed by atoms with Gasteiger partial charge in [0.25, 0.3) is 0 Å². The molecule has 0 unspecified atom stereocenters. The predicted molar refractivity (Wildman–Crippen MR) is 59.3 cm³/mol. The minimum atomic E-state index is -0.192. The van der Waals surface area contributed by atoms with Crippen LogP contribution in [0.3, 0.4) is 0 Å². The average molecular weight is 220 g/mol. The fourth-order valence-electron chi connectivity index (χ4n) is 2.61. The molecule has 4 heteroatoms. The lowest BCUT2D eigenvalue weighted by atomic mass is 9.81. The summed E-state index contributed by atoms with van der Waals surface area (Å²) in [5.41, 5.74) is 4.20. The minimum Gasteiger partial charge on any atom is -0.465 e. The summed E-state index contributed by atoms with van der Waals surface area (Å²) < 4.78 is 4.89. The maximum atomic E-state index is 11.8. The number of fused-ring (bicyclic) bond motifs is 1. The normalized spacial score (nSPS) is 19.3. The molecule has 4 nitrogen and oxygen atoms in total. The van der Waals surface area contributed by atoms with Crippen molar-refractivity contribution < 1.29 is 9.53 Å². The molecule has 2 aliphatic rings. The van der Waals surface area contributed by atoms with Crippen molar-refractivity contribution in [2.45, 2.75) is 38.3 Å². The summed E-state index contributed by atoms with van der Waals surface area (Å²) in [5.74, 6) is 0.350. The van der Waals surface area contributed by atoms with E-state index < -0.39 is 0 Å². The van der Waals surface area contributed by atoms with Gasteiger partial charge in [-0.2, -0.15) is 0 Å². The molecule has 1 saturated carbocycles. The van der Waals surface area contributed by atoms with Crippen molar-refractivity contribution in [3.8, 4) is 0 Å². The van der Waals surface area contributed by atoms with E-state index in [4.69, 9.17) is 4.74 Å². The van der Waals surface area contributed by atoms with E-state index in [1.165, 1.54) is 32.1 Å². The number of hydrogen-bond acceptors (Lipinski definition) is 3. The van der Waals surface area contributed by atoms with Gasteiger partial charge in [-0.05, 0) is 18.8 Å². The van der Waals surface area contributed by atoms with E-state index >= 15 is 0 Å². The third kappa shape index (κ3) is 1.29. The van der Waals surface area contributed by atoms with Crippen molar-refractivity contribution >= 4 is 5.97 Å². The Balaban J connectivity index is 2.06. The quantitative estimate of drug-likeness (QED) is 0.745. The number of nitrogens with one attached hydrogen (secondary N) is 2. The maximum absolute atomic E-state index is 11.8. The third-order valence-corrected chi connectivity index (χ3v) is 3.73. The van der Waals surface area contributed by atoms with Gasteiger partial charge in [0.15, 0.2) is 0 Å². The van der Waals surface area contributed by atoms with E-state index in [9.17, 15) is 4.79 Å². The summed E-state index contributed by atoms with van der Waals surface area (Å²) in [6.07, 6.45) is 3.65. The van der Waals surface area contributed by atoms with Crippen LogP contribution in [0.15, 0.2) is 0 Å². The van der Waals surface area contributed by atoms with Crippen LogP contribution in [0.4, 0.5) is 0 Å². The van der Waals surface area contributed by atoms with Gasteiger partial charge in [0.2, 0.25) is 0 Å². The van der Waals surface area contributed by atoms with Gasteiger partial charge < -0.3 is 15.0 Å². The Labute approximate surface area is 94.4 Å². The number of H-pyrrole nitrogens is 1. The van der Waals surface area contributed by atoms with Crippen LogP contribution in [0.5, 0.6) is 0 Å². The van der Waals surface area contributed by atoms with Crippen molar-refractivity contribution in [2.24, 2.45) is 0 Å². The fourth-order valence-corrected chi connectivity index (χ4v) is 2.61. The molecule has 0 aromatic carbocycles. The third-order valence-electron chi connectivity index (χ3n) is 3.73. The fraction of sp³-hybridized carbons (Fsp3) is 0.583. The Morgan fingerprint density at radius 3 is 2.81 bits per heavy atom. The van der Waals surface area contributed by atoms with Gasteiger partial charge in [0.1, 0.15) is 0 Å². The molecule has 16 heavy (non-hydrogen) atoms. The molecule has 2 N–H and O–H groups in total. The summed E-state index contributed by atoms with van der Waals surface area (Å²) in [6.45, 7) is 1.62. The van der Waals surface area contributed by atoms with E-state index in [0.29, 0.717) is 5.92 Å². The van der Waals surface area contributed by atoms with Gasteiger partial charge in [-0.3, -0.25) is 0 Å². The number of carbonyl (C=O) groups is 1. The summed E-state index contributed by atoms with van der Waals surface area (Å²) in [7, 11) is 1.45. The van der Waals surface area contributed by atoms with E-state index in [0.717, 1.165) is 29.9 Å². The van der Waals surface area contributed by atoms with Crippen LogP contribution in [0.2, 0.25) is 0 Å². The molecule has 0 saturated heterocycles. The zero-order valence-corrected chi connectivity index (χ0v) is 9.43. The molecule has 1 aromatic rings. The summed E-state index contributed by atoms with van der Waals surface area (Å²) in [6, 6.07) is 0. The van der Waals surface area contributed by atoms with Crippen molar-refractivity contribution in [1.29, 1.82) is 0 Å². The zero-order chi connectivity index (χ0) is 11.1. The second-order valence-corrected chi connectivity index (χ2v) is 4.59. The first-order chi connectivity index (χ1) is 7.81. The highest BCUT2D eigenvalue weighted by molar-refractivity contribution is 5.93. The summed E-state index contributed by atoms with van der Waals surface area (Å²) in [4.78, 5) is 15.2. The Kier molecular flexibility index (Phi) is 2.24. The summed E-state index contributed by atoms with van der Waals surface area (Å²) >= 11 is 0. The molecule has 0 bridgehead atoms. The lowest BCUT2D eigenvalue weighted by molar-refractivity contribution is 0.0597. The van der Waals surface area contributed by atoms with Crippen LogP contribution in [-0.2, 0) is 17.8 Å². The van der Waals surface area contributed by atoms with E-state index in [1.807, 2.05) is 0 Å². The van der Waals surface area contributed by atoms with Crippen LogP contribution < -0.4 is 5.32 Å². The number of methoxy groups -OCH3 is 1. The SMILES string of the molecule is COC(=O)c1c(C2CCC2)[nH]c2c1CNC2. The van der Waals surface area contributed by atoms with Gasteiger partial charge >= 0.3 is 5.97 Å². The van der Waals surface area contributed by atoms with Gasteiger partial charge in [-0.25, -0.2) is 4.79 Å². The molecule has 0 spiro atoms. The van der Waals surface area contributed by atoms with E-state index in [2.05, 4.69) is 10.3 Å². The number of aromatic amines is 1. The monoisotopic (exact) mass is 220 g/mol. The molecular weight excluding hydrogens is 204 g/mol. The molecule has 3 rings (SSSR count). The number of hydrogen-bond donors (Lipinski definition) is 2. The number of rotatable bonds is 2. The van der Waals surface area contributed by atoms with E-state index in [-0.39, 0.29) is 5.97 Å². The second-order valence-electron chi connectivity index (χ2n) is 4.59. The van der Waals surface area contributed by atoms with Crippen LogP contribution >= 0.6 is 0 Å². The first kappa shape index (κ1) is 9.90. The van der Waals surface area contributed by atoms with Crippen LogP contribution in [0.25, 0.3) is 0 Å².